The summed E-state index contributed by atoms with van der Waals surface area (Å²) in [6.07, 6.45) is 1.63. The average molecular weight is 415 g/mol. The molecule has 0 radical (unpaired) electrons. The summed E-state index contributed by atoms with van der Waals surface area (Å²) in [5.41, 5.74) is -0.212. The fraction of sp³-hybridized carbons (Fsp3) is 0.500. The van der Waals surface area contributed by atoms with Crippen molar-refractivity contribution in [1.29, 1.82) is 0 Å². The number of amides is 1. The zero-order valence-corrected chi connectivity index (χ0v) is 18.3. The summed E-state index contributed by atoms with van der Waals surface area (Å²) >= 11 is 0. The number of benzene rings is 1. The highest BCUT2D eigenvalue weighted by Gasteiger charge is 2.24. The van der Waals surface area contributed by atoms with Crippen molar-refractivity contribution >= 4 is 11.6 Å². The lowest BCUT2D eigenvalue weighted by atomic mass is 10.1. The van der Waals surface area contributed by atoms with E-state index in [1.165, 1.54) is 16.8 Å². The number of nitro benzene ring substituents is 1. The van der Waals surface area contributed by atoms with Gasteiger partial charge in [0.1, 0.15) is 5.69 Å². The second-order valence-corrected chi connectivity index (χ2v) is 8.31. The molecule has 1 heterocycles. The summed E-state index contributed by atoms with van der Waals surface area (Å²) in [5.74, 6) is 0.386. The van der Waals surface area contributed by atoms with Gasteiger partial charge in [0.25, 0.3) is 11.6 Å². The summed E-state index contributed by atoms with van der Waals surface area (Å²) in [5, 5.41) is 15.7. The maximum Gasteiger partial charge on any atom is 0.294 e. The standard InChI is InChI=1S/C22H30N4O4/c1-15(2)10-12-24(13-11-16(3)4)22(28)21-20(27)14-17(5)25(23-21)18-8-6-7-9-19(18)26(29)30/h6-9,14-16H,10-13H2,1-5H3. The quantitative estimate of drug-likeness (QED) is 0.456. The number of nitro groups is 1. The number of hydrogen-bond acceptors (Lipinski definition) is 5. The molecular weight excluding hydrogens is 384 g/mol. The van der Waals surface area contributed by atoms with E-state index in [2.05, 4.69) is 32.8 Å². The Hall–Kier alpha value is -3.03. The summed E-state index contributed by atoms with van der Waals surface area (Å²) in [6, 6.07) is 7.44. The molecule has 2 aromatic rings. The Bertz CT molecular complexity index is 954. The van der Waals surface area contributed by atoms with Gasteiger partial charge in [0.15, 0.2) is 5.69 Å². The molecule has 0 bridgehead atoms. The molecule has 0 saturated heterocycles. The van der Waals surface area contributed by atoms with Gasteiger partial charge in [0.05, 0.1) is 4.92 Å². The molecule has 0 spiro atoms. The lowest BCUT2D eigenvalue weighted by Crippen LogP contribution is -2.38. The molecule has 0 aliphatic rings. The van der Waals surface area contributed by atoms with Gasteiger partial charge >= 0.3 is 0 Å². The molecule has 0 aliphatic carbocycles. The zero-order chi connectivity index (χ0) is 22.4. The van der Waals surface area contributed by atoms with E-state index in [1.54, 1.807) is 30.0 Å². The van der Waals surface area contributed by atoms with Crippen LogP contribution in [0.25, 0.3) is 5.69 Å². The van der Waals surface area contributed by atoms with Gasteiger partial charge in [-0.1, -0.05) is 39.8 Å². The highest BCUT2D eigenvalue weighted by atomic mass is 16.6. The van der Waals surface area contributed by atoms with Crippen LogP contribution in [0, 0.1) is 28.9 Å². The number of aryl methyl sites for hydroxylation is 1. The van der Waals surface area contributed by atoms with Crippen LogP contribution < -0.4 is 5.43 Å². The van der Waals surface area contributed by atoms with Crippen LogP contribution in [-0.2, 0) is 0 Å². The normalized spacial score (nSPS) is 11.2. The van der Waals surface area contributed by atoms with Gasteiger partial charge in [-0.2, -0.15) is 5.10 Å². The minimum Gasteiger partial charge on any atom is -0.337 e. The monoisotopic (exact) mass is 414 g/mol. The molecular formula is C22H30N4O4. The molecule has 1 aromatic heterocycles. The Morgan fingerprint density at radius 1 is 1.13 bits per heavy atom. The molecule has 0 atom stereocenters. The van der Waals surface area contributed by atoms with Gasteiger partial charge < -0.3 is 4.90 Å². The van der Waals surface area contributed by atoms with E-state index in [0.29, 0.717) is 30.6 Å². The van der Waals surface area contributed by atoms with Crippen molar-refractivity contribution in [3.63, 3.8) is 0 Å². The van der Waals surface area contributed by atoms with Gasteiger partial charge in [0, 0.05) is 30.9 Å². The third-order valence-electron chi connectivity index (χ3n) is 4.86. The molecule has 0 saturated carbocycles. The largest absolute Gasteiger partial charge is 0.337 e. The van der Waals surface area contributed by atoms with E-state index >= 15 is 0 Å². The fourth-order valence-corrected chi connectivity index (χ4v) is 3.03. The number of para-hydroxylation sites is 2. The van der Waals surface area contributed by atoms with E-state index in [4.69, 9.17) is 0 Å². The number of nitrogens with zero attached hydrogens (tertiary/aromatic N) is 4. The molecule has 1 aromatic carbocycles. The number of rotatable bonds is 9. The van der Waals surface area contributed by atoms with Gasteiger partial charge in [-0.25, -0.2) is 4.68 Å². The molecule has 0 N–H and O–H groups in total. The zero-order valence-electron chi connectivity index (χ0n) is 18.3. The second-order valence-electron chi connectivity index (χ2n) is 8.31. The van der Waals surface area contributed by atoms with Gasteiger partial charge in [0.2, 0.25) is 5.43 Å². The van der Waals surface area contributed by atoms with E-state index in [0.717, 1.165) is 12.8 Å². The first-order valence-electron chi connectivity index (χ1n) is 10.3. The van der Waals surface area contributed by atoms with E-state index in [-0.39, 0.29) is 17.1 Å². The van der Waals surface area contributed by atoms with Crippen molar-refractivity contribution in [3.8, 4) is 5.69 Å². The van der Waals surface area contributed by atoms with Crippen molar-refractivity contribution in [1.82, 2.24) is 14.7 Å². The fourth-order valence-electron chi connectivity index (χ4n) is 3.03. The molecule has 30 heavy (non-hydrogen) atoms. The average Bonchev–Trinajstić information content (AvgIpc) is 2.67. The molecule has 0 fully saturated rings. The maximum atomic E-state index is 13.2. The first-order chi connectivity index (χ1) is 14.1. The van der Waals surface area contributed by atoms with Gasteiger partial charge in [-0.3, -0.25) is 19.7 Å². The Morgan fingerprint density at radius 3 is 2.23 bits per heavy atom. The third-order valence-corrected chi connectivity index (χ3v) is 4.86. The molecule has 1 amide bonds. The SMILES string of the molecule is Cc1cc(=O)c(C(=O)N(CCC(C)C)CCC(C)C)nn1-c1ccccc1[N+](=O)[O-]. The number of carbonyl (C=O) groups excluding carboxylic acids is 1. The van der Waals surface area contributed by atoms with Crippen molar-refractivity contribution < 1.29 is 9.72 Å². The number of hydrogen-bond donors (Lipinski definition) is 0. The molecule has 0 aliphatic heterocycles. The lowest BCUT2D eigenvalue weighted by Gasteiger charge is -2.24. The van der Waals surface area contributed by atoms with Crippen molar-refractivity contribution in [2.75, 3.05) is 13.1 Å². The summed E-state index contributed by atoms with van der Waals surface area (Å²) < 4.78 is 1.30. The molecule has 8 nitrogen and oxygen atoms in total. The van der Waals surface area contributed by atoms with Gasteiger partial charge in [-0.15, -0.1) is 0 Å². The topological polar surface area (TPSA) is 98.3 Å². The van der Waals surface area contributed by atoms with Crippen LogP contribution in [0.15, 0.2) is 35.1 Å². The molecule has 162 valence electrons. The predicted octanol–water partition coefficient (Wildman–Crippen LogP) is 3.98. The smallest absolute Gasteiger partial charge is 0.294 e. The molecule has 8 heteroatoms. The van der Waals surface area contributed by atoms with Crippen LogP contribution in [-0.4, -0.2) is 38.6 Å². The molecule has 0 unspecified atom stereocenters. The minimum absolute atomic E-state index is 0.147. The highest BCUT2D eigenvalue weighted by Crippen LogP contribution is 2.22. The third kappa shape index (κ3) is 5.75. The van der Waals surface area contributed by atoms with E-state index in [9.17, 15) is 19.7 Å². The first kappa shape index (κ1) is 23.3. The van der Waals surface area contributed by atoms with Crippen LogP contribution in [0.4, 0.5) is 5.69 Å². The highest BCUT2D eigenvalue weighted by molar-refractivity contribution is 5.92. The lowest BCUT2D eigenvalue weighted by molar-refractivity contribution is -0.384. The van der Waals surface area contributed by atoms with Crippen LogP contribution in [0.3, 0.4) is 0 Å². The first-order valence-corrected chi connectivity index (χ1v) is 10.3. The Kier molecular flexibility index (Phi) is 7.86. The Labute approximate surface area is 176 Å². The predicted molar refractivity (Wildman–Crippen MR) is 116 cm³/mol. The van der Waals surface area contributed by atoms with Gasteiger partial charge in [-0.05, 0) is 37.7 Å². The van der Waals surface area contributed by atoms with E-state index < -0.39 is 16.3 Å². The van der Waals surface area contributed by atoms with E-state index in [1.807, 2.05) is 0 Å². The Balaban J connectivity index is 2.50. The maximum absolute atomic E-state index is 13.2. The summed E-state index contributed by atoms with van der Waals surface area (Å²) in [7, 11) is 0. The number of aromatic nitrogens is 2. The molecule has 2 rings (SSSR count). The number of carbonyl (C=O) groups is 1. The van der Waals surface area contributed by atoms with Crippen molar-refractivity contribution in [2.45, 2.75) is 47.5 Å². The summed E-state index contributed by atoms with van der Waals surface area (Å²) in [6.45, 7) is 11.0. The minimum atomic E-state index is -0.506. The van der Waals surface area contributed by atoms with Crippen LogP contribution in [0.5, 0.6) is 0 Å². The summed E-state index contributed by atoms with van der Waals surface area (Å²) in [4.78, 5) is 38.4. The van der Waals surface area contributed by atoms with Crippen LogP contribution >= 0.6 is 0 Å². The van der Waals surface area contributed by atoms with Crippen LogP contribution in [0.1, 0.15) is 56.7 Å². The Morgan fingerprint density at radius 2 is 1.70 bits per heavy atom. The second kappa shape index (κ2) is 10.1. The van der Waals surface area contributed by atoms with Crippen LogP contribution in [0.2, 0.25) is 0 Å². The van der Waals surface area contributed by atoms with Crippen molar-refractivity contribution in [2.24, 2.45) is 11.8 Å². The van der Waals surface area contributed by atoms with Crippen molar-refractivity contribution in [3.05, 3.63) is 62.1 Å².